The molecular formula is C49H41NS. The third-order valence-electron chi connectivity index (χ3n) is 13.1. The normalized spacial score (nSPS) is 23.6. The quantitative estimate of drug-likeness (QED) is 0.169. The second kappa shape index (κ2) is 11.0. The van der Waals surface area contributed by atoms with Crippen LogP contribution in [0.25, 0.3) is 52.8 Å². The zero-order valence-corrected chi connectivity index (χ0v) is 30.1. The fraction of sp³-hybridized carbons (Fsp3) is 0.224. The minimum absolute atomic E-state index is 0.0413. The molecule has 2 saturated carbocycles. The molecule has 5 unspecified atom stereocenters. The summed E-state index contributed by atoms with van der Waals surface area (Å²) in [4.78, 5) is 2.58. The molecule has 7 aromatic carbocycles. The summed E-state index contributed by atoms with van der Waals surface area (Å²) in [5.41, 5.74) is 9.78. The Balaban J connectivity index is 1.19. The van der Waals surface area contributed by atoms with Gasteiger partial charge >= 0.3 is 0 Å². The van der Waals surface area contributed by atoms with E-state index in [1.165, 1.54) is 95.6 Å². The molecule has 2 fully saturated rings. The van der Waals surface area contributed by atoms with Gasteiger partial charge in [0.1, 0.15) is 0 Å². The van der Waals surface area contributed by atoms with E-state index in [4.69, 9.17) is 0 Å². The second-order valence-electron chi connectivity index (χ2n) is 15.9. The Morgan fingerprint density at radius 1 is 0.529 bits per heavy atom. The minimum Gasteiger partial charge on any atom is -0.310 e. The van der Waals surface area contributed by atoms with E-state index in [-0.39, 0.29) is 5.41 Å². The summed E-state index contributed by atoms with van der Waals surface area (Å²) < 4.78 is 2.67. The maximum absolute atomic E-state index is 2.63. The van der Waals surface area contributed by atoms with Crippen molar-refractivity contribution in [3.8, 4) is 11.1 Å². The molecule has 5 atom stereocenters. The molecule has 0 radical (unpaired) electrons. The van der Waals surface area contributed by atoms with Crippen LogP contribution in [0.15, 0.2) is 140 Å². The highest BCUT2D eigenvalue weighted by Crippen LogP contribution is 2.65. The largest absolute Gasteiger partial charge is 0.310 e. The number of rotatable bonds is 3. The van der Waals surface area contributed by atoms with E-state index < -0.39 is 0 Å². The maximum atomic E-state index is 2.63. The lowest BCUT2D eigenvalue weighted by Gasteiger charge is -2.54. The molecule has 1 spiro atoms. The first kappa shape index (κ1) is 29.8. The summed E-state index contributed by atoms with van der Waals surface area (Å²) in [6.07, 6.45) is 5.39. The number of nitrogens with zero attached hydrogens (tertiary/aromatic N) is 1. The Labute approximate surface area is 304 Å². The van der Waals surface area contributed by atoms with Crippen LogP contribution in [0.2, 0.25) is 0 Å². The lowest BCUT2D eigenvalue weighted by atomic mass is 9.49. The number of hydrogen-bond acceptors (Lipinski definition) is 2. The Kier molecular flexibility index (Phi) is 6.44. The SMILES string of the molecule is CC1CC2CC(C)C3(c4ccccc4-c4ccc(N(c5ccc6c(c5)sc5ccccc56)c5cc6ccccc6c6ccccc56)cc43)C(C1)C2. The highest BCUT2D eigenvalue weighted by molar-refractivity contribution is 7.25. The average Bonchev–Trinajstić information content (AvgIpc) is 3.67. The van der Waals surface area contributed by atoms with Crippen LogP contribution in [0.1, 0.15) is 50.7 Å². The Morgan fingerprint density at radius 2 is 1.22 bits per heavy atom. The van der Waals surface area contributed by atoms with Crippen LogP contribution in [0.4, 0.5) is 17.1 Å². The molecule has 0 N–H and O–H groups in total. The van der Waals surface area contributed by atoms with Crippen molar-refractivity contribution in [2.24, 2.45) is 23.7 Å². The molecular weight excluding hydrogens is 635 g/mol. The van der Waals surface area contributed by atoms with E-state index in [1.807, 2.05) is 11.3 Å². The van der Waals surface area contributed by atoms with E-state index in [2.05, 4.69) is 158 Å². The van der Waals surface area contributed by atoms with Crippen LogP contribution in [0.5, 0.6) is 0 Å². The highest BCUT2D eigenvalue weighted by Gasteiger charge is 2.56. The third kappa shape index (κ3) is 4.20. The van der Waals surface area contributed by atoms with Crippen molar-refractivity contribution in [2.75, 3.05) is 4.90 Å². The number of thiophene rings is 1. The van der Waals surface area contributed by atoms with Crippen molar-refractivity contribution in [3.63, 3.8) is 0 Å². The van der Waals surface area contributed by atoms with Crippen LogP contribution in [-0.2, 0) is 5.41 Å². The monoisotopic (exact) mass is 675 g/mol. The molecule has 0 saturated heterocycles. The summed E-state index contributed by atoms with van der Waals surface area (Å²) in [7, 11) is 0. The van der Waals surface area contributed by atoms with Gasteiger partial charge < -0.3 is 4.90 Å². The first-order chi connectivity index (χ1) is 25.1. The molecule has 2 heteroatoms. The zero-order chi connectivity index (χ0) is 33.8. The molecule has 3 aliphatic carbocycles. The van der Waals surface area contributed by atoms with Gasteiger partial charge in [-0.3, -0.25) is 0 Å². The molecule has 1 nitrogen and oxygen atoms in total. The molecule has 0 amide bonds. The average molecular weight is 676 g/mol. The number of anilines is 3. The maximum Gasteiger partial charge on any atom is 0.0546 e. The number of benzene rings is 7. The van der Waals surface area contributed by atoms with E-state index in [9.17, 15) is 0 Å². The topological polar surface area (TPSA) is 3.24 Å². The second-order valence-corrected chi connectivity index (χ2v) is 17.0. The summed E-state index contributed by atoms with van der Waals surface area (Å²) in [6.45, 7) is 5.09. The van der Waals surface area contributed by atoms with E-state index in [0.717, 1.165) is 11.8 Å². The Bertz CT molecular complexity index is 2680. The van der Waals surface area contributed by atoms with Gasteiger partial charge in [-0.05, 0) is 124 Å². The first-order valence-corrected chi connectivity index (χ1v) is 19.8. The zero-order valence-electron chi connectivity index (χ0n) is 29.3. The van der Waals surface area contributed by atoms with Gasteiger partial charge in [0.05, 0.1) is 5.69 Å². The summed E-state index contributed by atoms with van der Waals surface area (Å²) >= 11 is 1.90. The fourth-order valence-electron chi connectivity index (χ4n) is 11.3. The smallest absolute Gasteiger partial charge is 0.0546 e. The molecule has 2 bridgehead atoms. The van der Waals surface area contributed by atoms with Crippen LogP contribution in [0, 0.1) is 23.7 Å². The molecule has 248 valence electrons. The van der Waals surface area contributed by atoms with Crippen molar-refractivity contribution in [3.05, 3.63) is 151 Å². The summed E-state index contributed by atoms with van der Waals surface area (Å²) in [6, 6.07) is 53.3. The predicted molar refractivity (Wildman–Crippen MR) is 219 cm³/mol. The van der Waals surface area contributed by atoms with Crippen molar-refractivity contribution < 1.29 is 0 Å². The van der Waals surface area contributed by atoms with E-state index in [1.54, 1.807) is 11.1 Å². The van der Waals surface area contributed by atoms with Crippen molar-refractivity contribution in [2.45, 2.75) is 44.9 Å². The van der Waals surface area contributed by atoms with Gasteiger partial charge in [0.2, 0.25) is 0 Å². The van der Waals surface area contributed by atoms with E-state index >= 15 is 0 Å². The molecule has 0 aliphatic heterocycles. The molecule has 1 heterocycles. The van der Waals surface area contributed by atoms with Crippen LogP contribution >= 0.6 is 11.3 Å². The van der Waals surface area contributed by atoms with Crippen molar-refractivity contribution in [1.29, 1.82) is 0 Å². The summed E-state index contributed by atoms with van der Waals surface area (Å²) in [5.74, 6) is 2.90. The van der Waals surface area contributed by atoms with E-state index in [0.29, 0.717) is 11.8 Å². The van der Waals surface area contributed by atoms with Crippen molar-refractivity contribution in [1.82, 2.24) is 0 Å². The molecule has 11 rings (SSSR count). The number of hydrogen-bond donors (Lipinski definition) is 0. The number of fused-ring (bicyclic) bond motifs is 14. The lowest BCUT2D eigenvalue weighted by Crippen LogP contribution is -2.49. The van der Waals surface area contributed by atoms with Gasteiger partial charge in [-0.15, -0.1) is 11.3 Å². The third-order valence-corrected chi connectivity index (χ3v) is 14.3. The van der Waals surface area contributed by atoms with Crippen LogP contribution < -0.4 is 4.90 Å². The molecule has 51 heavy (non-hydrogen) atoms. The highest BCUT2D eigenvalue weighted by atomic mass is 32.1. The fourth-order valence-corrected chi connectivity index (χ4v) is 12.5. The van der Waals surface area contributed by atoms with Crippen LogP contribution in [-0.4, -0.2) is 0 Å². The standard InChI is InChI=1S/C49H41NS/c1-30-23-32-25-31(2)49(34(24-30)26-32)44-17-9-7-14-39(44)40-21-19-35(28-45(40)49)50(36-20-22-43-42-16-8-10-18-47(42)51-48(43)29-36)46-27-33-11-3-4-12-37(33)38-13-5-6-15-41(38)46/h3-22,27-32,34H,23-26H2,1-2H3. The van der Waals surface area contributed by atoms with Gasteiger partial charge in [0.15, 0.2) is 0 Å². The lowest BCUT2D eigenvalue weighted by molar-refractivity contribution is 0.0426. The Hall–Kier alpha value is -4.92. The van der Waals surface area contributed by atoms with Gasteiger partial charge in [-0.25, -0.2) is 0 Å². The van der Waals surface area contributed by atoms with Crippen molar-refractivity contribution >= 4 is 70.1 Å². The molecule has 3 aliphatic rings. The van der Waals surface area contributed by atoms with Gasteiger partial charge in [-0.2, -0.15) is 0 Å². The predicted octanol–water partition coefficient (Wildman–Crippen LogP) is 14.2. The van der Waals surface area contributed by atoms with Gasteiger partial charge in [-0.1, -0.05) is 117 Å². The van der Waals surface area contributed by atoms with Gasteiger partial charge in [0, 0.05) is 42.3 Å². The van der Waals surface area contributed by atoms with Crippen LogP contribution in [0.3, 0.4) is 0 Å². The van der Waals surface area contributed by atoms with Gasteiger partial charge in [0.25, 0.3) is 0 Å². The molecule has 8 aromatic rings. The minimum atomic E-state index is 0.0413. The summed E-state index contributed by atoms with van der Waals surface area (Å²) in [5, 5.41) is 7.83. The molecule has 1 aromatic heterocycles. The first-order valence-electron chi connectivity index (χ1n) is 18.9. The Morgan fingerprint density at radius 3 is 2.12 bits per heavy atom.